The minimum absolute atomic E-state index is 0.528. The monoisotopic (exact) mass is 299 g/mol. The third-order valence-electron chi connectivity index (χ3n) is 3.67. The highest BCUT2D eigenvalue weighted by Crippen LogP contribution is 2.14. The molecule has 3 heteroatoms. The van der Waals surface area contributed by atoms with E-state index in [1.807, 2.05) is 49.4 Å². The zero-order valence-electron chi connectivity index (χ0n) is 13.0. The van der Waals surface area contributed by atoms with Gasteiger partial charge in [0.25, 0.3) is 0 Å². The summed E-state index contributed by atoms with van der Waals surface area (Å²) in [7, 11) is 0. The smallest absolute Gasteiger partial charge is 0.0925 e. The largest absolute Gasteiger partial charge is 0.348 e. The van der Waals surface area contributed by atoms with Gasteiger partial charge in [0.15, 0.2) is 0 Å². The summed E-state index contributed by atoms with van der Waals surface area (Å²) in [6.07, 6.45) is 7.22. The van der Waals surface area contributed by atoms with Crippen molar-refractivity contribution in [3.05, 3.63) is 89.0 Å². The number of nitrogens with one attached hydrogen (secondary N) is 1. The van der Waals surface area contributed by atoms with Gasteiger partial charge >= 0.3 is 0 Å². The standard InChI is InChI=1S/C20H17N3/c1-3-16-8-7-11-18(12-16)20(17-9-5-4-6-10-17)21-13-19-15(2)22-14-23-19/h1,4-12,14H,13H2,2H3,(H,22,23). The molecule has 0 atom stereocenters. The van der Waals surface area contributed by atoms with E-state index >= 15 is 0 Å². The van der Waals surface area contributed by atoms with Gasteiger partial charge in [-0.25, -0.2) is 4.98 Å². The summed E-state index contributed by atoms with van der Waals surface area (Å²) in [6, 6.07) is 18.0. The van der Waals surface area contributed by atoms with E-state index in [1.54, 1.807) is 6.33 Å². The Balaban J connectivity index is 2.03. The van der Waals surface area contributed by atoms with E-state index in [0.717, 1.165) is 33.8 Å². The number of nitrogens with zero attached hydrogens (tertiary/aromatic N) is 2. The number of aromatic amines is 1. The van der Waals surface area contributed by atoms with Gasteiger partial charge in [0.2, 0.25) is 0 Å². The van der Waals surface area contributed by atoms with Crippen molar-refractivity contribution in [1.82, 2.24) is 9.97 Å². The Morgan fingerprint density at radius 1 is 1.13 bits per heavy atom. The summed E-state index contributed by atoms with van der Waals surface area (Å²) in [5, 5.41) is 0. The second kappa shape index (κ2) is 6.76. The van der Waals surface area contributed by atoms with Crippen molar-refractivity contribution < 1.29 is 0 Å². The minimum atomic E-state index is 0.528. The number of hydrogen-bond donors (Lipinski definition) is 1. The number of rotatable bonds is 4. The summed E-state index contributed by atoms with van der Waals surface area (Å²) in [6.45, 7) is 2.53. The molecule has 0 unspecified atom stereocenters. The highest BCUT2D eigenvalue weighted by Gasteiger charge is 2.08. The van der Waals surface area contributed by atoms with Gasteiger partial charge < -0.3 is 4.98 Å². The van der Waals surface area contributed by atoms with Gasteiger partial charge in [-0.1, -0.05) is 48.4 Å². The first-order valence-electron chi connectivity index (χ1n) is 7.43. The molecule has 1 aromatic heterocycles. The fourth-order valence-corrected chi connectivity index (χ4v) is 2.40. The fraction of sp³-hybridized carbons (Fsp3) is 0.100. The highest BCUT2D eigenvalue weighted by atomic mass is 14.9. The number of aromatic nitrogens is 2. The predicted octanol–water partition coefficient (Wildman–Crippen LogP) is 3.74. The second-order valence-electron chi connectivity index (χ2n) is 5.23. The molecule has 0 amide bonds. The zero-order chi connectivity index (χ0) is 16.1. The first-order valence-corrected chi connectivity index (χ1v) is 7.43. The van der Waals surface area contributed by atoms with Crippen molar-refractivity contribution in [3.8, 4) is 12.3 Å². The number of aliphatic imine (C=N–C) groups is 1. The lowest BCUT2D eigenvalue weighted by molar-refractivity contribution is 0.991. The number of hydrogen-bond acceptors (Lipinski definition) is 2. The molecule has 0 aliphatic rings. The molecule has 23 heavy (non-hydrogen) atoms. The third-order valence-corrected chi connectivity index (χ3v) is 3.67. The van der Waals surface area contributed by atoms with Gasteiger partial charge in [0.05, 0.1) is 24.3 Å². The van der Waals surface area contributed by atoms with Crippen LogP contribution in [0.15, 0.2) is 65.9 Å². The molecular weight excluding hydrogens is 282 g/mol. The Bertz CT molecular complexity index is 867. The SMILES string of the molecule is C#Cc1cccc(C(=NCc2nc[nH]c2C)c2ccccc2)c1. The molecule has 0 radical (unpaired) electrons. The maximum absolute atomic E-state index is 5.52. The molecule has 1 N–H and O–H groups in total. The number of H-pyrrole nitrogens is 1. The van der Waals surface area contributed by atoms with Crippen LogP contribution in [0.2, 0.25) is 0 Å². The number of benzene rings is 2. The molecular formula is C20H17N3. The lowest BCUT2D eigenvalue weighted by atomic mass is 10.0. The van der Waals surface area contributed by atoms with Crippen molar-refractivity contribution in [2.45, 2.75) is 13.5 Å². The van der Waals surface area contributed by atoms with E-state index in [-0.39, 0.29) is 0 Å². The Kier molecular flexibility index (Phi) is 4.35. The minimum Gasteiger partial charge on any atom is -0.348 e. The Hall–Kier alpha value is -3.12. The first kappa shape index (κ1) is 14.8. The van der Waals surface area contributed by atoms with Crippen LogP contribution in [-0.2, 0) is 6.54 Å². The van der Waals surface area contributed by atoms with E-state index in [0.29, 0.717) is 6.54 Å². The van der Waals surface area contributed by atoms with Crippen LogP contribution in [0.4, 0.5) is 0 Å². The molecule has 0 bridgehead atoms. The summed E-state index contributed by atoms with van der Waals surface area (Å²) >= 11 is 0. The molecule has 3 aromatic rings. The van der Waals surface area contributed by atoms with Gasteiger partial charge in [0.1, 0.15) is 0 Å². The topological polar surface area (TPSA) is 41.0 Å². The fourth-order valence-electron chi connectivity index (χ4n) is 2.40. The van der Waals surface area contributed by atoms with Gasteiger partial charge in [-0.3, -0.25) is 4.99 Å². The number of imidazole rings is 1. The molecule has 0 saturated heterocycles. The van der Waals surface area contributed by atoms with Crippen LogP contribution in [0.3, 0.4) is 0 Å². The van der Waals surface area contributed by atoms with Crippen LogP contribution in [0.5, 0.6) is 0 Å². The van der Waals surface area contributed by atoms with E-state index in [9.17, 15) is 0 Å². The average molecular weight is 299 g/mol. The molecule has 0 spiro atoms. The lowest BCUT2D eigenvalue weighted by Crippen LogP contribution is -2.05. The van der Waals surface area contributed by atoms with Gasteiger partial charge in [-0.2, -0.15) is 0 Å². The Labute approximate surface area is 136 Å². The molecule has 1 heterocycles. The molecule has 112 valence electrons. The van der Waals surface area contributed by atoms with Gasteiger partial charge in [-0.05, 0) is 19.1 Å². The van der Waals surface area contributed by atoms with E-state index in [1.165, 1.54) is 0 Å². The van der Waals surface area contributed by atoms with Crippen LogP contribution in [0, 0.1) is 19.3 Å². The van der Waals surface area contributed by atoms with Crippen molar-refractivity contribution in [2.75, 3.05) is 0 Å². The first-order chi connectivity index (χ1) is 11.3. The summed E-state index contributed by atoms with van der Waals surface area (Å²) in [5.41, 5.74) is 5.84. The maximum atomic E-state index is 5.52. The molecule has 0 fully saturated rings. The Morgan fingerprint density at radius 2 is 1.91 bits per heavy atom. The van der Waals surface area contributed by atoms with Crippen LogP contribution in [-0.4, -0.2) is 15.7 Å². The van der Waals surface area contributed by atoms with Gasteiger partial charge in [-0.15, -0.1) is 6.42 Å². The number of terminal acetylenes is 1. The average Bonchev–Trinajstić information content (AvgIpc) is 3.01. The van der Waals surface area contributed by atoms with Crippen LogP contribution in [0.25, 0.3) is 0 Å². The van der Waals surface area contributed by atoms with Crippen molar-refractivity contribution >= 4 is 5.71 Å². The molecule has 2 aromatic carbocycles. The number of aryl methyl sites for hydroxylation is 1. The third kappa shape index (κ3) is 3.38. The Morgan fingerprint density at radius 3 is 2.61 bits per heavy atom. The van der Waals surface area contributed by atoms with Crippen LogP contribution < -0.4 is 0 Å². The normalized spacial score (nSPS) is 11.2. The van der Waals surface area contributed by atoms with Crippen molar-refractivity contribution in [1.29, 1.82) is 0 Å². The van der Waals surface area contributed by atoms with Crippen LogP contribution in [0.1, 0.15) is 28.1 Å². The molecule has 3 rings (SSSR count). The van der Waals surface area contributed by atoms with E-state index in [2.05, 4.69) is 28.0 Å². The second-order valence-corrected chi connectivity index (χ2v) is 5.23. The molecule has 3 nitrogen and oxygen atoms in total. The summed E-state index contributed by atoms with van der Waals surface area (Å²) in [4.78, 5) is 12.2. The maximum Gasteiger partial charge on any atom is 0.0925 e. The van der Waals surface area contributed by atoms with E-state index < -0.39 is 0 Å². The van der Waals surface area contributed by atoms with Crippen molar-refractivity contribution in [2.24, 2.45) is 4.99 Å². The molecule has 0 saturated carbocycles. The van der Waals surface area contributed by atoms with Crippen LogP contribution >= 0.6 is 0 Å². The quantitative estimate of drug-likeness (QED) is 0.578. The molecule has 0 aliphatic heterocycles. The lowest BCUT2D eigenvalue weighted by Gasteiger charge is -2.08. The summed E-state index contributed by atoms with van der Waals surface area (Å²) in [5.74, 6) is 2.68. The highest BCUT2D eigenvalue weighted by molar-refractivity contribution is 6.13. The summed E-state index contributed by atoms with van der Waals surface area (Å²) < 4.78 is 0. The zero-order valence-corrected chi connectivity index (χ0v) is 13.0. The van der Waals surface area contributed by atoms with Gasteiger partial charge in [0, 0.05) is 22.4 Å². The molecule has 0 aliphatic carbocycles. The predicted molar refractivity (Wildman–Crippen MR) is 93.5 cm³/mol. The van der Waals surface area contributed by atoms with E-state index in [4.69, 9.17) is 11.4 Å². The van der Waals surface area contributed by atoms with Crippen molar-refractivity contribution in [3.63, 3.8) is 0 Å².